The number of hydrogen-bond donors (Lipinski definition) is 2. The van der Waals surface area contributed by atoms with Crippen LogP contribution in [-0.2, 0) is 0 Å². The van der Waals surface area contributed by atoms with Gasteiger partial charge < -0.3 is 10.4 Å². The zero-order chi connectivity index (χ0) is 16.7. The quantitative estimate of drug-likeness (QED) is 0.771. The molecule has 0 atom stereocenters. The molecular formula is C16H23N5O2. The second-order valence-electron chi connectivity index (χ2n) is 5.61. The van der Waals surface area contributed by atoms with Crippen LogP contribution in [-0.4, -0.2) is 43.9 Å². The molecule has 0 fully saturated rings. The average molecular weight is 317 g/mol. The van der Waals surface area contributed by atoms with E-state index < -0.39 is 0 Å². The summed E-state index contributed by atoms with van der Waals surface area (Å²) < 4.78 is 1.50. The first-order chi connectivity index (χ1) is 11.1. The summed E-state index contributed by atoms with van der Waals surface area (Å²) in [6, 6.07) is 3.34. The number of rotatable bonds is 8. The maximum Gasteiger partial charge on any atom is 0.251 e. The van der Waals surface area contributed by atoms with Gasteiger partial charge in [0, 0.05) is 24.9 Å². The lowest BCUT2D eigenvalue weighted by Gasteiger charge is -2.31. The van der Waals surface area contributed by atoms with Crippen LogP contribution >= 0.6 is 0 Å². The van der Waals surface area contributed by atoms with E-state index in [1.165, 1.54) is 17.3 Å². The summed E-state index contributed by atoms with van der Waals surface area (Å²) in [6.07, 6.45) is 7.02. The van der Waals surface area contributed by atoms with Gasteiger partial charge in [-0.15, -0.1) is 0 Å². The van der Waals surface area contributed by atoms with Crippen molar-refractivity contribution in [1.82, 2.24) is 25.1 Å². The number of nitrogens with zero attached hydrogens (tertiary/aromatic N) is 4. The molecule has 2 aromatic rings. The highest BCUT2D eigenvalue weighted by Crippen LogP contribution is 2.29. The highest BCUT2D eigenvalue weighted by molar-refractivity contribution is 5.94. The predicted octanol–water partition coefficient (Wildman–Crippen LogP) is 1.58. The monoisotopic (exact) mass is 317 g/mol. The molecule has 0 spiro atoms. The molecule has 7 nitrogen and oxygen atoms in total. The van der Waals surface area contributed by atoms with Gasteiger partial charge in [0.15, 0.2) is 5.82 Å². The largest absolute Gasteiger partial charge is 0.396 e. The lowest BCUT2D eigenvalue weighted by molar-refractivity contribution is 0.0907. The molecule has 2 aromatic heterocycles. The zero-order valence-corrected chi connectivity index (χ0v) is 13.6. The van der Waals surface area contributed by atoms with E-state index in [-0.39, 0.29) is 17.9 Å². The fraction of sp³-hybridized carbons (Fsp3) is 0.500. The number of carbonyl (C=O) groups is 1. The standard InChI is InChI=1S/C16H23N5O2/c1-3-16(4-2,6-8-22)10-19-15(23)13-5-7-18-14(9-13)21-12-17-11-20-21/h5,7,9,11-12,22H,3-4,6,8,10H2,1-2H3,(H,19,23). The Kier molecular flexibility index (Phi) is 5.81. The van der Waals surface area contributed by atoms with Crippen molar-refractivity contribution in [2.75, 3.05) is 13.2 Å². The van der Waals surface area contributed by atoms with Crippen LogP contribution in [0, 0.1) is 5.41 Å². The molecule has 0 saturated carbocycles. The lowest BCUT2D eigenvalue weighted by atomic mass is 9.79. The molecule has 0 saturated heterocycles. The highest BCUT2D eigenvalue weighted by Gasteiger charge is 2.26. The number of carbonyl (C=O) groups excluding carboxylic acids is 1. The third kappa shape index (κ3) is 4.13. The van der Waals surface area contributed by atoms with Gasteiger partial charge >= 0.3 is 0 Å². The molecule has 0 aliphatic heterocycles. The third-order valence-electron chi connectivity index (χ3n) is 4.43. The van der Waals surface area contributed by atoms with Crippen LogP contribution in [0.1, 0.15) is 43.5 Å². The Morgan fingerprint density at radius 2 is 2.17 bits per heavy atom. The number of pyridine rings is 1. The fourth-order valence-electron chi connectivity index (χ4n) is 2.56. The van der Waals surface area contributed by atoms with Crippen LogP contribution < -0.4 is 5.32 Å². The normalized spacial score (nSPS) is 11.4. The van der Waals surface area contributed by atoms with Crippen LogP contribution in [0.3, 0.4) is 0 Å². The molecule has 7 heteroatoms. The lowest BCUT2D eigenvalue weighted by Crippen LogP contribution is -2.37. The number of aromatic nitrogens is 4. The first-order valence-corrected chi connectivity index (χ1v) is 7.84. The van der Waals surface area contributed by atoms with E-state index in [0.29, 0.717) is 24.3 Å². The second kappa shape index (κ2) is 7.82. The van der Waals surface area contributed by atoms with Crippen LogP contribution in [0.2, 0.25) is 0 Å². The fourth-order valence-corrected chi connectivity index (χ4v) is 2.56. The van der Waals surface area contributed by atoms with Crippen molar-refractivity contribution >= 4 is 5.91 Å². The molecule has 2 N–H and O–H groups in total. The van der Waals surface area contributed by atoms with Crippen LogP contribution in [0.25, 0.3) is 5.82 Å². The van der Waals surface area contributed by atoms with Gasteiger partial charge in [0.1, 0.15) is 12.7 Å². The zero-order valence-electron chi connectivity index (χ0n) is 13.6. The topological polar surface area (TPSA) is 92.9 Å². The van der Waals surface area contributed by atoms with Gasteiger partial charge in [-0.05, 0) is 36.8 Å². The molecule has 0 unspecified atom stereocenters. The minimum Gasteiger partial charge on any atom is -0.396 e. The molecule has 0 bridgehead atoms. The van der Waals surface area contributed by atoms with Gasteiger partial charge in [-0.3, -0.25) is 4.79 Å². The summed E-state index contributed by atoms with van der Waals surface area (Å²) >= 11 is 0. The molecule has 0 radical (unpaired) electrons. The summed E-state index contributed by atoms with van der Waals surface area (Å²) in [6.45, 7) is 4.84. The van der Waals surface area contributed by atoms with Crippen LogP contribution in [0.5, 0.6) is 0 Å². The maximum absolute atomic E-state index is 12.4. The Morgan fingerprint density at radius 1 is 1.39 bits per heavy atom. The minimum absolute atomic E-state index is 0.0633. The van der Waals surface area contributed by atoms with Crippen molar-refractivity contribution in [3.8, 4) is 5.82 Å². The summed E-state index contributed by atoms with van der Waals surface area (Å²) in [4.78, 5) is 20.5. The molecule has 2 rings (SSSR count). The third-order valence-corrected chi connectivity index (χ3v) is 4.43. The van der Waals surface area contributed by atoms with E-state index in [0.717, 1.165) is 12.8 Å². The van der Waals surface area contributed by atoms with Crippen molar-refractivity contribution in [2.45, 2.75) is 33.1 Å². The van der Waals surface area contributed by atoms with Crippen molar-refractivity contribution < 1.29 is 9.90 Å². The molecule has 0 aliphatic carbocycles. The van der Waals surface area contributed by atoms with Crippen molar-refractivity contribution in [3.05, 3.63) is 36.5 Å². The number of aliphatic hydroxyl groups is 1. The van der Waals surface area contributed by atoms with E-state index in [4.69, 9.17) is 0 Å². The Bertz CT molecular complexity index is 623. The molecule has 0 aromatic carbocycles. The van der Waals surface area contributed by atoms with Crippen LogP contribution in [0.4, 0.5) is 0 Å². The van der Waals surface area contributed by atoms with Crippen molar-refractivity contribution in [1.29, 1.82) is 0 Å². The minimum atomic E-state index is -0.155. The molecule has 124 valence electrons. The maximum atomic E-state index is 12.4. The number of aliphatic hydroxyl groups excluding tert-OH is 1. The number of hydrogen-bond acceptors (Lipinski definition) is 5. The highest BCUT2D eigenvalue weighted by atomic mass is 16.3. The van der Waals surface area contributed by atoms with Gasteiger partial charge in [-0.2, -0.15) is 5.10 Å². The predicted molar refractivity (Wildman–Crippen MR) is 86.2 cm³/mol. The number of nitrogens with one attached hydrogen (secondary N) is 1. The Labute approximate surface area is 135 Å². The van der Waals surface area contributed by atoms with E-state index in [1.807, 2.05) is 0 Å². The van der Waals surface area contributed by atoms with E-state index in [1.54, 1.807) is 18.3 Å². The van der Waals surface area contributed by atoms with Gasteiger partial charge in [0.25, 0.3) is 5.91 Å². The summed E-state index contributed by atoms with van der Waals surface area (Å²) in [7, 11) is 0. The Morgan fingerprint density at radius 3 is 2.78 bits per heavy atom. The van der Waals surface area contributed by atoms with Crippen molar-refractivity contribution in [2.24, 2.45) is 5.41 Å². The Balaban J connectivity index is 2.07. The van der Waals surface area contributed by atoms with Gasteiger partial charge in [-0.25, -0.2) is 14.6 Å². The molecule has 1 amide bonds. The van der Waals surface area contributed by atoms with Gasteiger partial charge in [0.05, 0.1) is 0 Å². The smallest absolute Gasteiger partial charge is 0.251 e. The first-order valence-electron chi connectivity index (χ1n) is 7.84. The first kappa shape index (κ1) is 17.1. The molecule has 23 heavy (non-hydrogen) atoms. The molecular weight excluding hydrogens is 294 g/mol. The van der Waals surface area contributed by atoms with E-state index in [2.05, 4.69) is 34.2 Å². The van der Waals surface area contributed by atoms with Gasteiger partial charge in [0.2, 0.25) is 0 Å². The molecule has 0 aliphatic rings. The van der Waals surface area contributed by atoms with E-state index >= 15 is 0 Å². The second-order valence-corrected chi connectivity index (χ2v) is 5.61. The van der Waals surface area contributed by atoms with Crippen molar-refractivity contribution in [3.63, 3.8) is 0 Å². The van der Waals surface area contributed by atoms with Crippen LogP contribution in [0.15, 0.2) is 31.0 Å². The average Bonchev–Trinajstić information content (AvgIpc) is 3.13. The molecule has 2 heterocycles. The summed E-state index contributed by atoms with van der Waals surface area (Å²) in [5.74, 6) is 0.390. The van der Waals surface area contributed by atoms with E-state index in [9.17, 15) is 9.90 Å². The number of amides is 1. The summed E-state index contributed by atoms with van der Waals surface area (Å²) in [5, 5.41) is 16.2. The van der Waals surface area contributed by atoms with Gasteiger partial charge in [-0.1, -0.05) is 13.8 Å². The SMILES string of the molecule is CCC(CC)(CCO)CNC(=O)c1ccnc(-n2cncn2)c1. The summed E-state index contributed by atoms with van der Waals surface area (Å²) in [5.41, 5.74) is 0.460. The Hall–Kier alpha value is -2.28.